The fraction of sp³-hybridized carbons (Fsp3) is 0.522. The van der Waals surface area contributed by atoms with E-state index in [0.717, 1.165) is 16.9 Å². The van der Waals surface area contributed by atoms with Crippen molar-refractivity contribution in [3.8, 4) is 5.75 Å². The van der Waals surface area contributed by atoms with Gasteiger partial charge in [0.2, 0.25) is 11.8 Å². The normalized spacial score (nSPS) is 35.0. The highest BCUT2D eigenvalue weighted by atomic mass is 16.5. The molecule has 0 spiro atoms. The lowest BCUT2D eigenvalue weighted by Gasteiger charge is -2.37. The Balaban J connectivity index is 1.27. The first-order valence-corrected chi connectivity index (χ1v) is 10.1. The molecule has 6 unspecified atom stereocenters. The number of rotatable bonds is 3. The van der Waals surface area contributed by atoms with Crippen LogP contribution in [0.5, 0.6) is 5.75 Å². The van der Waals surface area contributed by atoms with Crippen molar-refractivity contribution in [1.82, 2.24) is 4.90 Å². The molecule has 3 fully saturated rings. The molecule has 0 N–H and O–H groups in total. The number of esters is 1. The van der Waals surface area contributed by atoms with Gasteiger partial charge < -0.3 is 4.74 Å². The van der Waals surface area contributed by atoms with E-state index in [0.29, 0.717) is 17.6 Å². The van der Waals surface area contributed by atoms with E-state index in [1.807, 2.05) is 12.1 Å². The third-order valence-corrected chi connectivity index (χ3v) is 6.99. The van der Waals surface area contributed by atoms with Crippen molar-refractivity contribution in [3.05, 3.63) is 42.0 Å². The maximum absolute atomic E-state index is 12.9. The third kappa shape index (κ3) is 2.55. The first-order valence-electron chi connectivity index (χ1n) is 10.1. The molecular weight excluding hydrogens is 354 g/mol. The lowest BCUT2D eigenvalue weighted by molar-refractivity contribution is -0.148. The van der Waals surface area contributed by atoms with E-state index in [1.54, 1.807) is 12.1 Å². The molecule has 1 saturated heterocycles. The molecule has 0 aromatic heterocycles. The topological polar surface area (TPSA) is 63.7 Å². The number of carbonyl (C=O) groups excluding carboxylic acids is 3. The van der Waals surface area contributed by atoms with Crippen LogP contribution in [0.15, 0.2) is 36.4 Å². The summed E-state index contributed by atoms with van der Waals surface area (Å²) in [5.41, 5.74) is 1.16. The molecule has 4 aliphatic carbocycles. The average Bonchev–Trinajstić information content (AvgIpc) is 3.43. The summed E-state index contributed by atoms with van der Waals surface area (Å²) in [6, 6.07) is 7.37. The third-order valence-electron chi connectivity index (χ3n) is 6.99. The minimum Gasteiger partial charge on any atom is -0.425 e. The van der Waals surface area contributed by atoms with Crippen LogP contribution in [0.3, 0.4) is 0 Å². The molecule has 5 aliphatic rings. The number of nitrogens with zero attached hydrogens (tertiary/aromatic N) is 1. The Morgan fingerprint density at radius 1 is 1.00 bits per heavy atom. The summed E-state index contributed by atoms with van der Waals surface area (Å²) in [7, 11) is 0. The minimum absolute atomic E-state index is 0.0152. The molecule has 2 bridgehead atoms. The van der Waals surface area contributed by atoms with Crippen LogP contribution < -0.4 is 4.74 Å². The summed E-state index contributed by atoms with van der Waals surface area (Å²) in [4.78, 5) is 39.4. The highest BCUT2D eigenvalue weighted by molar-refractivity contribution is 6.08. The van der Waals surface area contributed by atoms with Gasteiger partial charge in [-0.2, -0.15) is 0 Å². The fourth-order valence-electron chi connectivity index (χ4n) is 5.49. The molecule has 2 saturated carbocycles. The summed E-state index contributed by atoms with van der Waals surface area (Å²) >= 11 is 0. The summed E-state index contributed by atoms with van der Waals surface area (Å²) in [5.74, 6) is 0.369. The second-order valence-corrected chi connectivity index (χ2v) is 9.67. The number of hydrogen-bond donors (Lipinski definition) is 0. The van der Waals surface area contributed by atoms with Crippen LogP contribution in [-0.4, -0.2) is 29.2 Å². The SMILES string of the molecule is CC(C)(C)c1ccc(OC(=O)CN2C(=O)C3C4C=CC(C5CC45)C3C2=O)cc1. The summed E-state index contributed by atoms with van der Waals surface area (Å²) in [6.45, 7) is 6.04. The van der Waals surface area contributed by atoms with Crippen LogP contribution >= 0.6 is 0 Å². The van der Waals surface area contributed by atoms with Gasteiger partial charge in [-0.1, -0.05) is 45.1 Å². The van der Waals surface area contributed by atoms with Crippen molar-refractivity contribution in [2.45, 2.75) is 32.6 Å². The number of allylic oxidation sites excluding steroid dienone is 2. The Labute approximate surface area is 164 Å². The Morgan fingerprint density at radius 2 is 1.54 bits per heavy atom. The highest BCUT2D eigenvalue weighted by Gasteiger charge is 2.67. The lowest BCUT2D eigenvalue weighted by Crippen LogP contribution is -2.40. The Bertz CT molecular complexity index is 858. The summed E-state index contributed by atoms with van der Waals surface area (Å²) < 4.78 is 5.39. The molecule has 6 rings (SSSR count). The number of imide groups is 1. The van der Waals surface area contributed by atoms with E-state index < -0.39 is 5.97 Å². The van der Waals surface area contributed by atoms with E-state index in [1.165, 1.54) is 0 Å². The molecule has 1 heterocycles. The Morgan fingerprint density at radius 3 is 2.04 bits per heavy atom. The maximum Gasteiger partial charge on any atom is 0.331 e. The number of carbonyl (C=O) groups is 3. The summed E-state index contributed by atoms with van der Waals surface area (Å²) in [5, 5.41) is 0. The average molecular weight is 379 g/mol. The van der Waals surface area contributed by atoms with Crippen LogP contribution in [0.25, 0.3) is 0 Å². The van der Waals surface area contributed by atoms with E-state index >= 15 is 0 Å². The quantitative estimate of drug-likeness (QED) is 0.351. The molecule has 6 atom stereocenters. The van der Waals surface area contributed by atoms with Gasteiger partial charge in [0.05, 0.1) is 11.8 Å². The largest absolute Gasteiger partial charge is 0.425 e. The molecule has 1 aromatic carbocycles. The smallest absolute Gasteiger partial charge is 0.331 e. The molecule has 5 nitrogen and oxygen atoms in total. The van der Waals surface area contributed by atoms with E-state index in [2.05, 4.69) is 32.9 Å². The van der Waals surface area contributed by atoms with Gasteiger partial charge in [-0.25, -0.2) is 4.79 Å². The van der Waals surface area contributed by atoms with Gasteiger partial charge in [-0.3, -0.25) is 14.5 Å². The van der Waals surface area contributed by atoms with Crippen molar-refractivity contribution in [2.24, 2.45) is 35.5 Å². The van der Waals surface area contributed by atoms with Gasteiger partial charge in [0, 0.05) is 0 Å². The predicted octanol–water partition coefficient (Wildman–Crippen LogP) is 2.94. The van der Waals surface area contributed by atoms with Gasteiger partial charge in [0.1, 0.15) is 12.3 Å². The number of benzene rings is 1. The first-order chi connectivity index (χ1) is 13.3. The molecule has 5 heteroatoms. The number of ether oxygens (including phenoxy) is 1. The first kappa shape index (κ1) is 17.7. The minimum atomic E-state index is -0.575. The maximum atomic E-state index is 12.9. The van der Waals surface area contributed by atoms with Crippen molar-refractivity contribution in [3.63, 3.8) is 0 Å². The van der Waals surface area contributed by atoms with E-state index in [9.17, 15) is 14.4 Å². The van der Waals surface area contributed by atoms with Crippen LogP contribution in [0.1, 0.15) is 32.8 Å². The zero-order chi connectivity index (χ0) is 19.8. The lowest BCUT2D eigenvalue weighted by atomic mass is 9.63. The van der Waals surface area contributed by atoms with Crippen LogP contribution in [-0.2, 0) is 19.8 Å². The molecule has 2 amide bonds. The zero-order valence-electron chi connectivity index (χ0n) is 16.4. The van der Waals surface area contributed by atoms with Gasteiger partial charge in [-0.05, 0) is 53.2 Å². The fourth-order valence-corrected chi connectivity index (χ4v) is 5.49. The number of likely N-dealkylation sites (tertiary alicyclic amines) is 1. The van der Waals surface area contributed by atoms with Crippen molar-refractivity contribution < 1.29 is 19.1 Å². The highest BCUT2D eigenvalue weighted by Crippen LogP contribution is 2.65. The van der Waals surface area contributed by atoms with E-state index in [-0.39, 0.29) is 47.4 Å². The number of hydrogen-bond acceptors (Lipinski definition) is 4. The standard InChI is InChI=1S/C23H25NO4/c1-23(2,3)12-4-6-13(7-5-12)28-18(25)11-24-21(26)19-14-8-9-15(17-10-16(14)17)20(19)22(24)27/h4-9,14-17,19-20H,10-11H2,1-3H3. The van der Waals surface area contributed by atoms with Gasteiger partial charge in [0.25, 0.3) is 0 Å². The van der Waals surface area contributed by atoms with Crippen molar-refractivity contribution in [2.75, 3.05) is 6.54 Å². The molecule has 1 aliphatic heterocycles. The number of amides is 2. The van der Waals surface area contributed by atoms with Gasteiger partial charge in [-0.15, -0.1) is 0 Å². The predicted molar refractivity (Wildman–Crippen MR) is 102 cm³/mol. The second kappa shape index (κ2) is 5.79. The van der Waals surface area contributed by atoms with E-state index in [4.69, 9.17) is 4.74 Å². The molecular formula is C23H25NO4. The van der Waals surface area contributed by atoms with Gasteiger partial charge in [0.15, 0.2) is 0 Å². The molecule has 146 valence electrons. The van der Waals surface area contributed by atoms with Crippen LogP contribution in [0.2, 0.25) is 0 Å². The van der Waals surface area contributed by atoms with Crippen LogP contribution in [0, 0.1) is 35.5 Å². The monoisotopic (exact) mass is 379 g/mol. The summed E-state index contributed by atoms with van der Waals surface area (Å²) in [6.07, 6.45) is 5.38. The zero-order valence-corrected chi connectivity index (χ0v) is 16.4. The van der Waals surface area contributed by atoms with Crippen LogP contribution in [0.4, 0.5) is 0 Å². The molecule has 1 aromatic rings. The second-order valence-electron chi connectivity index (χ2n) is 9.67. The molecule has 28 heavy (non-hydrogen) atoms. The van der Waals surface area contributed by atoms with Crippen molar-refractivity contribution in [1.29, 1.82) is 0 Å². The van der Waals surface area contributed by atoms with Crippen molar-refractivity contribution >= 4 is 17.8 Å². The Kier molecular flexibility index (Phi) is 3.65. The molecule has 0 radical (unpaired) electrons. The van der Waals surface area contributed by atoms with Gasteiger partial charge >= 0.3 is 5.97 Å². The Hall–Kier alpha value is -2.43.